The summed E-state index contributed by atoms with van der Waals surface area (Å²) in [5, 5.41) is 20.3. The largest absolute Gasteiger partial charge is 0.481 e. The van der Waals surface area contributed by atoms with Gasteiger partial charge < -0.3 is 15.9 Å². The fourth-order valence-corrected chi connectivity index (χ4v) is 2.01. The van der Waals surface area contributed by atoms with Crippen LogP contribution < -0.4 is 11.1 Å². The zero-order chi connectivity index (χ0) is 13.7. The van der Waals surface area contributed by atoms with E-state index >= 15 is 0 Å². The van der Waals surface area contributed by atoms with Crippen LogP contribution in [0, 0.1) is 0 Å². The van der Waals surface area contributed by atoms with E-state index < -0.39 is 30.3 Å². The topological polar surface area (TPSA) is 133 Å². The monoisotopic (exact) mass is 259 g/mol. The molecule has 102 valence electrons. The average Bonchev–Trinajstić information content (AvgIpc) is 2.62. The fraction of sp³-hybridized carbons (Fsp3) is 0.700. The standard InChI is InChI=1S/C10H17N3O5/c11-8(14)5-13-2-1-6(4-13)12-7(10(17)18)3-9(15)16/h6-7,12H,1-5H2,(H2,11,14)(H,15,16)(H,17,18)/t6?,7-/m0/s1. The lowest BCUT2D eigenvalue weighted by atomic mass is 10.1. The van der Waals surface area contributed by atoms with E-state index in [0.29, 0.717) is 19.5 Å². The van der Waals surface area contributed by atoms with E-state index in [1.165, 1.54) is 0 Å². The van der Waals surface area contributed by atoms with Crippen LogP contribution in [0.2, 0.25) is 0 Å². The van der Waals surface area contributed by atoms with Gasteiger partial charge in [0.15, 0.2) is 0 Å². The van der Waals surface area contributed by atoms with Crippen molar-refractivity contribution in [2.75, 3.05) is 19.6 Å². The number of carboxylic acids is 2. The minimum atomic E-state index is -1.19. The van der Waals surface area contributed by atoms with Gasteiger partial charge in [0.2, 0.25) is 5.91 Å². The number of nitrogens with zero attached hydrogens (tertiary/aromatic N) is 1. The number of rotatable bonds is 7. The van der Waals surface area contributed by atoms with Crippen LogP contribution in [0.25, 0.3) is 0 Å². The Morgan fingerprint density at radius 2 is 2.06 bits per heavy atom. The number of hydrogen-bond acceptors (Lipinski definition) is 5. The van der Waals surface area contributed by atoms with Gasteiger partial charge in [0, 0.05) is 19.1 Å². The van der Waals surface area contributed by atoms with Crippen LogP contribution in [-0.4, -0.2) is 64.7 Å². The van der Waals surface area contributed by atoms with Gasteiger partial charge in [-0.3, -0.25) is 24.6 Å². The summed E-state index contributed by atoms with van der Waals surface area (Å²) in [6.07, 6.45) is 0.193. The van der Waals surface area contributed by atoms with Gasteiger partial charge in [-0.05, 0) is 6.42 Å². The molecule has 0 aromatic carbocycles. The Hall–Kier alpha value is -1.67. The van der Waals surface area contributed by atoms with Gasteiger partial charge in [-0.15, -0.1) is 0 Å². The Bertz CT molecular complexity index is 346. The maximum atomic E-state index is 10.9. The molecule has 1 amide bonds. The second-order valence-corrected chi connectivity index (χ2v) is 4.34. The highest BCUT2D eigenvalue weighted by atomic mass is 16.4. The molecule has 8 heteroatoms. The van der Waals surface area contributed by atoms with Crippen molar-refractivity contribution in [3.63, 3.8) is 0 Å². The SMILES string of the molecule is NC(=O)CN1CCC(N[C@@H](CC(=O)O)C(=O)O)C1. The number of carbonyl (C=O) groups excluding carboxylic acids is 1. The first-order valence-electron chi connectivity index (χ1n) is 5.59. The van der Waals surface area contributed by atoms with Crippen molar-refractivity contribution >= 4 is 17.8 Å². The summed E-state index contributed by atoms with van der Waals surface area (Å²) in [7, 11) is 0. The van der Waals surface area contributed by atoms with Crippen molar-refractivity contribution < 1.29 is 24.6 Å². The van der Waals surface area contributed by atoms with Gasteiger partial charge in [-0.1, -0.05) is 0 Å². The molecule has 1 heterocycles. The van der Waals surface area contributed by atoms with E-state index in [9.17, 15) is 14.4 Å². The molecule has 5 N–H and O–H groups in total. The molecule has 0 radical (unpaired) electrons. The highest BCUT2D eigenvalue weighted by Crippen LogP contribution is 2.10. The molecule has 8 nitrogen and oxygen atoms in total. The molecule has 2 atom stereocenters. The van der Waals surface area contributed by atoms with Crippen LogP contribution >= 0.6 is 0 Å². The Balaban J connectivity index is 2.44. The van der Waals surface area contributed by atoms with Gasteiger partial charge >= 0.3 is 11.9 Å². The first-order valence-corrected chi connectivity index (χ1v) is 5.59. The van der Waals surface area contributed by atoms with Crippen molar-refractivity contribution in [2.24, 2.45) is 5.73 Å². The predicted octanol–water partition coefficient (Wildman–Crippen LogP) is -1.94. The second-order valence-electron chi connectivity index (χ2n) is 4.34. The van der Waals surface area contributed by atoms with E-state index in [2.05, 4.69) is 5.32 Å². The van der Waals surface area contributed by atoms with Crippen LogP contribution in [0.15, 0.2) is 0 Å². The number of amides is 1. The summed E-state index contributed by atoms with van der Waals surface area (Å²) in [5.41, 5.74) is 5.06. The normalized spacial score (nSPS) is 21.7. The summed E-state index contributed by atoms with van der Waals surface area (Å²) in [6, 6.07) is -1.24. The lowest BCUT2D eigenvalue weighted by Gasteiger charge is -2.18. The molecule has 1 aliphatic rings. The van der Waals surface area contributed by atoms with Crippen LogP contribution in [0.4, 0.5) is 0 Å². The lowest BCUT2D eigenvalue weighted by molar-refractivity contribution is -0.146. The highest BCUT2D eigenvalue weighted by Gasteiger charge is 2.29. The van der Waals surface area contributed by atoms with Crippen molar-refractivity contribution in [3.8, 4) is 0 Å². The second kappa shape index (κ2) is 6.31. The fourth-order valence-electron chi connectivity index (χ4n) is 2.01. The minimum Gasteiger partial charge on any atom is -0.481 e. The van der Waals surface area contributed by atoms with Crippen LogP contribution in [0.3, 0.4) is 0 Å². The third-order valence-corrected chi connectivity index (χ3v) is 2.77. The quantitative estimate of drug-likeness (QED) is 0.418. The zero-order valence-electron chi connectivity index (χ0n) is 9.83. The molecule has 1 rings (SSSR count). The molecule has 0 bridgehead atoms. The molecular weight excluding hydrogens is 242 g/mol. The summed E-state index contributed by atoms with van der Waals surface area (Å²) >= 11 is 0. The average molecular weight is 259 g/mol. The van der Waals surface area contributed by atoms with E-state index in [-0.39, 0.29) is 12.6 Å². The number of carbonyl (C=O) groups is 3. The molecule has 1 unspecified atom stereocenters. The van der Waals surface area contributed by atoms with Gasteiger partial charge in [0.1, 0.15) is 6.04 Å². The molecule has 1 aliphatic heterocycles. The Labute approximate surface area is 104 Å². The summed E-state index contributed by atoms with van der Waals surface area (Å²) in [4.78, 5) is 33.9. The zero-order valence-corrected chi connectivity index (χ0v) is 9.83. The van der Waals surface area contributed by atoms with Crippen LogP contribution in [-0.2, 0) is 14.4 Å². The molecule has 1 saturated heterocycles. The summed E-state index contributed by atoms with van der Waals surface area (Å²) in [5.74, 6) is -2.79. The molecule has 0 aliphatic carbocycles. The number of hydrogen-bond donors (Lipinski definition) is 4. The molecule has 18 heavy (non-hydrogen) atoms. The number of nitrogens with one attached hydrogen (secondary N) is 1. The number of nitrogens with two attached hydrogens (primary N) is 1. The van der Waals surface area contributed by atoms with Gasteiger partial charge in [-0.2, -0.15) is 0 Å². The molecule has 0 spiro atoms. The van der Waals surface area contributed by atoms with Gasteiger partial charge in [-0.25, -0.2) is 0 Å². The Morgan fingerprint density at radius 1 is 1.39 bits per heavy atom. The van der Waals surface area contributed by atoms with Crippen molar-refractivity contribution in [1.82, 2.24) is 10.2 Å². The first-order chi connectivity index (χ1) is 8.38. The van der Waals surface area contributed by atoms with E-state index in [1.807, 2.05) is 0 Å². The molecular formula is C10H17N3O5. The van der Waals surface area contributed by atoms with E-state index in [0.717, 1.165) is 0 Å². The molecule has 1 fully saturated rings. The molecule has 0 aromatic rings. The van der Waals surface area contributed by atoms with Crippen molar-refractivity contribution in [1.29, 1.82) is 0 Å². The first kappa shape index (κ1) is 14.4. The Morgan fingerprint density at radius 3 is 2.56 bits per heavy atom. The maximum absolute atomic E-state index is 10.9. The van der Waals surface area contributed by atoms with Crippen molar-refractivity contribution in [2.45, 2.75) is 24.9 Å². The minimum absolute atomic E-state index is 0.134. The number of aliphatic carboxylic acids is 2. The van der Waals surface area contributed by atoms with Gasteiger partial charge in [0.25, 0.3) is 0 Å². The maximum Gasteiger partial charge on any atom is 0.321 e. The summed E-state index contributed by atoms with van der Waals surface area (Å²) in [6.45, 7) is 1.27. The predicted molar refractivity (Wildman–Crippen MR) is 60.9 cm³/mol. The van der Waals surface area contributed by atoms with E-state index in [4.69, 9.17) is 15.9 Å². The van der Waals surface area contributed by atoms with Crippen LogP contribution in [0.5, 0.6) is 0 Å². The molecule has 0 saturated carbocycles. The van der Waals surface area contributed by atoms with Gasteiger partial charge in [0.05, 0.1) is 13.0 Å². The Kier molecular flexibility index (Phi) is 5.05. The molecule has 0 aromatic heterocycles. The number of likely N-dealkylation sites (tertiary alicyclic amines) is 1. The number of carboxylic acid groups (broad SMARTS) is 2. The van der Waals surface area contributed by atoms with Crippen LogP contribution in [0.1, 0.15) is 12.8 Å². The number of primary amides is 1. The smallest absolute Gasteiger partial charge is 0.321 e. The van der Waals surface area contributed by atoms with Crippen molar-refractivity contribution in [3.05, 3.63) is 0 Å². The third-order valence-electron chi connectivity index (χ3n) is 2.77. The lowest BCUT2D eigenvalue weighted by Crippen LogP contribution is -2.46. The highest BCUT2D eigenvalue weighted by molar-refractivity contribution is 5.80. The summed E-state index contributed by atoms with van der Waals surface area (Å²) < 4.78 is 0. The van der Waals surface area contributed by atoms with E-state index in [1.54, 1.807) is 4.90 Å². The third kappa shape index (κ3) is 4.68.